The Bertz CT molecular complexity index is 543. The lowest BCUT2D eigenvalue weighted by Crippen LogP contribution is -2.04. The Hall–Kier alpha value is -1.48. The fourth-order valence-electron chi connectivity index (χ4n) is 1.71. The van der Waals surface area contributed by atoms with Gasteiger partial charge in [-0.25, -0.2) is 4.68 Å². The molecule has 2 aromatic rings. The summed E-state index contributed by atoms with van der Waals surface area (Å²) in [5.74, 6) is 0. The maximum absolute atomic E-state index is 6.12. The van der Waals surface area contributed by atoms with Crippen LogP contribution in [0.4, 0.5) is 5.69 Å². The standard InChI is InChI=1S/C12H14ClN3/c1-7-5-4-6-10(12(7)14)16-9(3)11(13)8(2)15-16/h4-6H,14H2,1-3H3. The third-order valence-electron chi connectivity index (χ3n) is 2.73. The van der Waals surface area contributed by atoms with Crippen molar-refractivity contribution in [2.45, 2.75) is 20.8 Å². The van der Waals surface area contributed by atoms with Crippen LogP contribution in [0.5, 0.6) is 0 Å². The molecule has 0 unspecified atom stereocenters. The average molecular weight is 236 g/mol. The number of hydrogen-bond acceptors (Lipinski definition) is 2. The lowest BCUT2D eigenvalue weighted by atomic mass is 10.2. The van der Waals surface area contributed by atoms with Crippen LogP contribution in [0.1, 0.15) is 17.0 Å². The normalized spacial score (nSPS) is 10.8. The van der Waals surface area contributed by atoms with E-state index in [9.17, 15) is 0 Å². The van der Waals surface area contributed by atoms with Crippen molar-refractivity contribution in [3.05, 3.63) is 40.2 Å². The molecule has 1 aromatic carbocycles. The maximum Gasteiger partial charge on any atom is 0.0881 e. The Labute approximate surface area is 99.8 Å². The van der Waals surface area contributed by atoms with E-state index in [1.54, 1.807) is 4.68 Å². The zero-order chi connectivity index (χ0) is 11.9. The van der Waals surface area contributed by atoms with Crippen molar-refractivity contribution in [3.63, 3.8) is 0 Å². The summed E-state index contributed by atoms with van der Waals surface area (Å²) in [4.78, 5) is 0. The van der Waals surface area contributed by atoms with E-state index in [1.165, 1.54) is 0 Å². The van der Waals surface area contributed by atoms with Crippen molar-refractivity contribution in [3.8, 4) is 5.69 Å². The minimum atomic E-state index is 0.695. The minimum absolute atomic E-state index is 0.695. The molecular weight excluding hydrogens is 222 g/mol. The maximum atomic E-state index is 6.12. The van der Waals surface area contributed by atoms with E-state index in [0.29, 0.717) is 5.02 Å². The molecule has 3 nitrogen and oxygen atoms in total. The lowest BCUT2D eigenvalue weighted by molar-refractivity contribution is 0.835. The van der Waals surface area contributed by atoms with Gasteiger partial charge in [-0.15, -0.1) is 0 Å². The molecule has 0 amide bonds. The van der Waals surface area contributed by atoms with E-state index in [2.05, 4.69) is 5.10 Å². The Morgan fingerprint density at radius 1 is 1.25 bits per heavy atom. The van der Waals surface area contributed by atoms with Gasteiger partial charge >= 0.3 is 0 Å². The molecule has 16 heavy (non-hydrogen) atoms. The number of rotatable bonds is 1. The van der Waals surface area contributed by atoms with Gasteiger partial charge < -0.3 is 5.73 Å². The van der Waals surface area contributed by atoms with Crippen LogP contribution in [0.15, 0.2) is 18.2 Å². The lowest BCUT2D eigenvalue weighted by Gasteiger charge is -2.09. The van der Waals surface area contributed by atoms with Crippen LogP contribution in [0.3, 0.4) is 0 Å². The number of nitrogens with zero attached hydrogens (tertiary/aromatic N) is 2. The van der Waals surface area contributed by atoms with E-state index in [0.717, 1.165) is 28.3 Å². The molecular formula is C12H14ClN3. The van der Waals surface area contributed by atoms with Crippen molar-refractivity contribution < 1.29 is 0 Å². The second-order valence-corrected chi connectivity index (χ2v) is 4.28. The minimum Gasteiger partial charge on any atom is -0.397 e. The van der Waals surface area contributed by atoms with E-state index >= 15 is 0 Å². The Morgan fingerprint density at radius 3 is 2.50 bits per heavy atom. The molecule has 0 bridgehead atoms. The fraction of sp³-hybridized carbons (Fsp3) is 0.250. The molecule has 0 radical (unpaired) electrons. The van der Waals surface area contributed by atoms with Crippen LogP contribution < -0.4 is 5.73 Å². The molecule has 4 heteroatoms. The summed E-state index contributed by atoms with van der Waals surface area (Å²) in [6, 6.07) is 5.88. The zero-order valence-electron chi connectivity index (χ0n) is 9.58. The SMILES string of the molecule is Cc1cccc(-n2nc(C)c(Cl)c2C)c1N. The van der Waals surface area contributed by atoms with Gasteiger partial charge in [-0.2, -0.15) is 5.10 Å². The molecule has 0 saturated carbocycles. The van der Waals surface area contributed by atoms with Gasteiger partial charge in [0.05, 0.1) is 27.8 Å². The smallest absolute Gasteiger partial charge is 0.0881 e. The first-order valence-electron chi connectivity index (χ1n) is 5.09. The van der Waals surface area contributed by atoms with E-state index < -0.39 is 0 Å². The molecule has 0 fully saturated rings. The number of benzene rings is 1. The molecule has 84 valence electrons. The first-order chi connectivity index (χ1) is 7.52. The molecule has 0 aliphatic heterocycles. The molecule has 0 aliphatic rings. The highest BCUT2D eigenvalue weighted by Crippen LogP contribution is 2.26. The van der Waals surface area contributed by atoms with Crippen LogP contribution in [-0.2, 0) is 0 Å². The number of para-hydroxylation sites is 1. The van der Waals surface area contributed by atoms with Gasteiger partial charge in [0.15, 0.2) is 0 Å². The zero-order valence-corrected chi connectivity index (χ0v) is 10.3. The summed E-state index contributed by atoms with van der Waals surface area (Å²) in [6.07, 6.45) is 0. The molecule has 2 N–H and O–H groups in total. The first-order valence-corrected chi connectivity index (χ1v) is 5.47. The molecule has 1 aromatic heterocycles. The summed E-state index contributed by atoms with van der Waals surface area (Å²) < 4.78 is 1.79. The summed E-state index contributed by atoms with van der Waals surface area (Å²) in [6.45, 7) is 5.80. The molecule has 0 aliphatic carbocycles. The summed E-state index contributed by atoms with van der Waals surface area (Å²) in [5.41, 5.74) is 10.4. The number of anilines is 1. The van der Waals surface area contributed by atoms with Crippen molar-refractivity contribution >= 4 is 17.3 Å². The average Bonchev–Trinajstić information content (AvgIpc) is 2.50. The van der Waals surface area contributed by atoms with Crippen LogP contribution in [0.25, 0.3) is 5.69 Å². The highest BCUT2D eigenvalue weighted by atomic mass is 35.5. The molecule has 0 spiro atoms. The van der Waals surface area contributed by atoms with Crippen LogP contribution in [0, 0.1) is 20.8 Å². The monoisotopic (exact) mass is 235 g/mol. The van der Waals surface area contributed by atoms with Crippen LogP contribution in [0.2, 0.25) is 5.02 Å². The number of halogens is 1. The Kier molecular flexibility index (Phi) is 2.64. The second-order valence-electron chi connectivity index (χ2n) is 3.90. The van der Waals surface area contributed by atoms with Gasteiger partial charge in [-0.05, 0) is 32.4 Å². The predicted molar refractivity (Wildman–Crippen MR) is 67.2 cm³/mol. The molecule has 0 atom stereocenters. The van der Waals surface area contributed by atoms with Crippen molar-refractivity contribution in [2.75, 3.05) is 5.73 Å². The van der Waals surface area contributed by atoms with E-state index in [4.69, 9.17) is 17.3 Å². The van der Waals surface area contributed by atoms with Gasteiger partial charge in [0.2, 0.25) is 0 Å². The van der Waals surface area contributed by atoms with Gasteiger partial charge in [0.25, 0.3) is 0 Å². The molecule has 0 saturated heterocycles. The summed E-state index contributed by atoms with van der Waals surface area (Å²) >= 11 is 6.12. The largest absolute Gasteiger partial charge is 0.397 e. The number of nitrogen functional groups attached to an aromatic ring is 1. The van der Waals surface area contributed by atoms with Gasteiger partial charge in [0.1, 0.15) is 0 Å². The number of hydrogen-bond donors (Lipinski definition) is 1. The molecule has 2 rings (SSSR count). The highest BCUT2D eigenvalue weighted by molar-refractivity contribution is 6.31. The third-order valence-corrected chi connectivity index (χ3v) is 3.28. The predicted octanol–water partition coefficient (Wildman–Crippen LogP) is 3.03. The Morgan fingerprint density at radius 2 is 1.94 bits per heavy atom. The molecule has 1 heterocycles. The van der Waals surface area contributed by atoms with Gasteiger partial charge in [-0.1, -0.05) is 23.7 Å². The van der Waals surface area contributed by atoms with E-state index in [1.807, 2.05) is 39.0 Å². The van der Waals surface area contributed by atoms with Crippen molar-refractivity contribution in [2.24, 2.45) is 0 Å². The summed E-state index contributed by atoms with van der Waals surface area (Å²) in [5, 5.41) is 5.08. The quantitative estimate of drug-likeness (QED) is 0.773. The van der Waals surface area contributed by atoms with Crippen molar-refractivity contribution in [1.82, 2.24) is 9.78 Å². The van der Waals surface area contributed by atoms with Crippen LogP contribution >= 0.6 is 11.6 Å². The second kappa shape index (κ2) is 3.83. The third kappa shape index (κ3) is 1.57. The fourth-order valence-corrected chi connectivity index (χ4v) is 1.83. The van der Waals surface area contributed by atoms with E-state index in [-0.39, 0.29) is 0 Å². The topological polar surface area (TPSA) is 43.8 Å². The number of aromatic nitrogens is 2. The van der Waals surface area contributed by atoms with Gasteiger partial charge in [-0.3, -0.25) is 0 Å². The van der Waals surface area contributed by atoms with Crippen LogP contribution in [-0.4, -0.2) is 9.78 Å². The van der Waals surface area contributed by atoms with Gasteiger partial charge in [0, 0.05) is 0 Å². The van der Waals surface area contributed by atoms with Crippen molar-refractivity contribution in [1.29, 1.82) is 0 Å². The highest BCUT2D eigenvalue weighted by Gasteiger charge is 2.12. The first kappa shape index (κ1) is 11.0. The number of aryl methyl sites for hydroxylation is 2. The Balaban J connectivity index is 2.68. The summed E-state index contributed by atoms with van der Waals surface area (Å²) in [7, 11) is 0. The number of nitrogens with two attached hydrogens (primary N) is 1.